The van der Waals surface area contributed by atoms with Gasteiger partial charge in [0, 0.05) is 24.8 Å². The summed E-state index contributed by atoms with van der Waals surface area (Å²) in [6, 6.07) is 10.4. The van der Waals surface area contributed by atoms with E-state index in [1.807, 2.05) is 4.90 Å². The summed E-state index contributed by atoms with van der Waals surface area (Å²) >= 11 is 0. The number of nitrogens with zero attached hydrogens (tertiary/aromatic N) is 1. The Morgan fingerprint density at radius 1 is 1.16 bits per heavy atom. The maximum Gasteiger partial charge on any atom is 0.270 e. The highest BCUT2D eigenvalue weighted by Crippen LogP contribution is 2.23. The molecule has 1 saturated heterocycles. The van der Waals surface area contributed by atoms with Crippen molar-refractivity contribution in [1.29, 1.82) is 0 Å². The summed E-state index contributed by atoms with van der Waals surface area (Å²) in [4.78, 5) is 28.7. The van der Waals surface area contributed by atoms with Gasteiger partial charge in [-0.3, -0.25) is 9.59 Å². The lowest BCUT2D eigenvalue weighted by Crippen LogP contribution is -2.38. The monoisotopic (exact) mass is 338 g/mol. The Balaban J connectivity index is 1.48. The summed E-state index contributed by atoms with van der Waals surface area (Å²) in [6.45, 7) is 5.22. The predicted molar refractivity (Wildman–Crippen MR) is 98.9 cm³/mol. The molecule has 4 nitrogen and oxygen atoms in total. The van der Waals surface area contributed by atoms with Crippen LogP contribution in [-0.4, -0.2) is 34.7 Å². The second-order valence-electron chi connectivity index (χ2n) is 7.12. The van der Waals surface area contributed by atoms with E-state index in [0.29, 0.717) is 17.2 Å². The van der Waals surface area contributed by atoms with Crippen LogP contribution in [0.4, 0.5) is 0 Å². The average Bonchev–Trinajstić information content (AvgIpc) is 3.11. The van der Waals surface area contributed by atoms with Crippen molar-refractivity contribution in [1.82, 2.24) is 9.88 Å². The van der Waals surface area contributed by atoms with Gasteiger partial charge in [-0.15, -0.1) is 0 Å². The molecule has 132 valence electrons. The van der Waals surface area contributed by atoms with Crippen LogP contribution in [0.1, 0.15) is 58.2 Å². The number of Topliss-reactive ketones (excluding diaryl/α,β-unsaturated/α-hetero) is 1. The molecule has 1 N–H and O–H groups in total. The third kappa shape index (κ3) is 4.38. The van der Waals surface area contributed by atoms with E-state index in [1.54, 1.807) is 12.3 Å². The van der Waals surface area contributed by atoms with Gasteiger partial charge in [-0.05, 0) is 57.1 Å². The van der Waals surface area contributed by atoms with E-state index in [9.17, 15) is 9.59 Å². The first-order valence-corrected chi connectivity index (χ1v) is 9.07. The fourth-order valence-corrected chi connectivity index (χ4v) is 3.44. The van der Waals surface area contributed by atoms with Crippen molar-refractivity contribution in [3.8, 4) is 0 Å². The van der Waals surface area contributed by atoms with Gasteiger partial charge in [0.25, 0.3) is 5.91 Å². The number of benzene rings is 1. The predicted octanol–water partition coefficient (Wildman–Crippen LogP) is 4.01. The SMILES string of the molecule is CC(=O)c1c[nH]c(C(=O)N2CCC(CCc3ccc(C)cc3)CC2)c1. The van der Waals surface area contributed by atoms with Crippen LogP contribution in [-0.2, 0) is 6.42 Å². The normalized spacial score (nSPS) is 15.4. The van der Waals surface area contributed by atoms with E-state index in [1.165, 1.54) is 24.5 Å². The number of aromatic amines is 1. The van der Waals surface area contributed by atoms with Crippen molar-refractivity contribution < 1.29 is 9.59 Å². The molecule has 0 unspecified atom stereocenters. The van der Waals surface area contributed by atoms with Crippen LogP contribution in [0.3, 0.4) is 0 Å². The molecule has 1 aliphatic heterocycles. The molecule has 4 heteroatoms. The number of aromatic nitrogens is 1. The highest BCUT2D eigenvalue weighted by molar-refractivity contribution is 5.99. The Labute approximate surface area is 149 Å². The second-order valence-corrected chi connectivity index (χ2v) is 7.12. The van der Waals surface area contributed by atoms with Gasteiger partial charge in [-0.25, -0.2) is 0 Å². The molecule has 0 radical (unpaired) electrons. The molecule has 1 amide bonds. The van der Waals surface area contributed by atoms with Crippen LogP contribution in [0.15, 0.2) is 36.5 Å². The summed E-state index contributed by atoms with van der Waals surface area (Å²) in [5, 5.41) is 0. The van der Waals surface area contributed by atoms with E-state index >= 15 is 0 Å². The van der Waals surface area contributed by atoms with E-state index in [4.69, 9.17) is 0 Å². The smallest absolute Gasteiger partial charge is 0.270 e. The molecule has 1 fully saturated rings. The number of piperidine rings is 1. The highest BCUT2D eigenvalue weighted by Gasteiger charge is 2.24. The van der Waals surface area contributed by atoms with Crippen LogP contribution < -0.4 is 0 Å². The lowest BCUT2D eigenvalue weighted by Gasteiger charge is -2.31. The number of hydrogen-bond acceptors (Lipinski definition) is 2. The maximum atomic E-state index is 12.5. The molecule has 1 aliphatic rings. The van der Waals surface area contributed by atoms with Crippen LogP contribution in [0.25, 0.3) is 0 Å². The van der Waals surface area contributed by atoms with Crippen molar-refractivity contribution in [3.05, 3.63) is 58.9 Å². The van der Waals surface area contributed by atoms with Crippen LogP contribution >= 0.6 is 0 Å². The fraction of sp³-hybridized carbons (Fsp3) is 0.429. The number of likely N-dealkylation sites (tertiary alicyclic amines) is 1. The number of ketones is 1. The molecule has 0 saturated carbocycles. The molecule has 2 heterocycles. The average molecular weight is 338 g/mol. The Morgan fingerprint density at radius 3 is 2.44 bits per heavy atom. The second kappa shape index (κ2) is 7.68. The summed E-state index contributed by atoms with van der Waals surface area (Å²) in [7, 11) is 0. The fourth-order valence-electron chi connectivity index (χ4n) is 3.44. The summed E-state index contributed by atoms with van der Waals surface area (Å²) < 4.78 is 0. The van der Waals surface area contributed by atoms with E-state index in [0.717, 1.165) is 32.4 Å². The van der Waals surface area contributed by atoms with Gasteiger partial charge in [-0.2, -0.15) is 0 Å². The molecule has 0 spiro atoms. The minimum atomic E-state index is -0.0230. The Kier molecular flexibility index (Phi) is 5.37. The number of carbonyl (C=O) groups is 2. The number of rotatable bonds is 5. The topological polar surface area (TPSA) is 53.2 Å². The Hall–Kier alpha value is -2.36. The molecule has 25 heavy (non-hydrogen) atoms. The summed E-state index contributed by atoms with van der Waals surface area (Å²) in [5.74, 6) is 0.663. The van der Waals surface area contributed by atoms with Gasteiger partial charge in [0.2, 0.25) is 0 Å². The van der Waals surface area contributed by atoms with Crippen molar-refractivity contribution in [3.63, 3.8) is 0 Å². The van der Waals surface area contributed by atoms with Crippen LogP contribution in [0, 0.1) is 12.8 Å². The number of carbonyl (C=O) groups excluding carboxylic acids is 2. The maximum absolute atomic E-state index is 12.5. The number of amides is 1. The zero-order valence-electron chi connectivity index (χ0n) is 15.0. The summed E-state index contributed by atoms with van der Waals surface area (Å²) in [6.07, 6.45) is 6.01. The highest BCUT2D eigenvalue weighted by atomic mass is 16.2. The standard InChI is InChI=1S/C21H26N2O2/c1-15-3-5-17(6-4-15)7-8-18-9-11-23(12-10-18)21(25)20-13-19(14-22-20)16(2)24/h3-6,13-14,18,22H,7-12H2,1-2H3. The van der Waals surface area contributed by atoms with Crippen LogP contribution in [0.5, 0.6) is 0 Å². The number of nitrogens with one attached hydrogen (secondary N) is 1. The van der Waals surface area contributed by atoms with Gasteiger partial charge in [0.05, 0.1) is 0 Å². The summed E-state index contributed by atoms with van der Waals surface area (Å²) in [5.41, 5.74) is 3.78. The molecular formula is C21H26N2O2. The molecular weight excluding hydrogens is 312 g/mol. The molecule has 0 atom stereocenters. The van der Waals surface area contributed by atoms with Crippen molar-refractivity contribution in [2.75, 3.05) is 13.1 Å². The minimum Gasteiger partial charge on any atom is -0.356 e. The van der Waals surface area contributed by atoms with Gasteiger partial charge >= 0.3 is 0 Å². The van der Waals surface area contributed by atoms with E-state index < -0.39 is 0 Å². The van der Waals surface area contributed by atoms with Crippen molar-refractivity contribution in [2.24, 2.45) is 5.92 Å². The first-order chi connectivity index (χ1) is 12.0. The van der Waals surface area contributed by atoms with Gasteiger partial charge < -0.3 is 9.88 Å². The van der Waals surface area contributed by atoms with Crippen molar-refractivity contribution >= 4 is 11.7 Å². The zero-order chi connectivity index (χ0) is 17.8. The largest absolute Gasteiger partial charge is 0.356 e. The molecule has 1 aromatic heterocycles. The van der Waals surface area contributed by atoms with Crippen LogP contribution in [0.2, 0.25) is 0 Å². The third-order valence-corrected chi connectivity index (χ3v) is 5.18. The molecule has 3 rings (SSSR count). The lowest BCUT2D eigenvalue weighted by molar-refractivity contribution is 0.0681. The number of aryl methyl sites for hydroxylation is 2. The van der Waals surface area contributed by atoms with Gasteiger partial charge in [-0.1, -0.05) is 29.8 Å². The number of hydrogen-bond donors (Lipinski definition) is 1. The van der Waals surface area contributed by atoms with E-state index in [2.05, 4.69) is 36.2 Å². The number of H-pyrrole nitrogens is 1. The first kappa shape index (κ1) is 17.5. The molecule has 0 aliphatic carbocycles. The lowest BCUT2D eigenvalue weighted by atomic mass is 9.90. The third-order valence-electron chi connectivity index (χ3n) is 5.18. The Morgan fingerprint density at radius 2 is 1.84 bits per heavy atom. The van der Waals surface area contributed by atoms with Gasteiger partial charge in [0.1, 0.15) is 5.69 Å². The van der Waals surface area contributed by atoms with Crippen molar-refractivity contribution in [2.45, 2.75) is 39.5 Å². The molecule has 2 aromatic rings. The minimum absolute atomic E-state index is 0.00415. The zero-order valence-corrected chi connectivity index (χ0v) is 15.0. The molecule has 1 aromatic carbocycles. The quantitative estimate of drug-likeness (QED) is 0.838. The molecule has 0 bridgehead atoms. The Bertz CT molecular complexity index is 738. The van der Waals surface area contributed by atoms with E-state index in [-0.39, 0.29) is 11.7 Å². The van der Waals surface area contributed by atoms with Gasteiger partial charge in [0.15, 0.2) is 5.78 Å². The first-order valence-electron chi connectivity index (χ1n) is 9.07.